The van der Waals surface area contributed by atoms with Gasteiger partial charge in [-0.2, -0.15) is 0 Å². The van der Waals surface area contributed by atoms with Crippen LogP contribution in [-0.4, -0.2) is 30.3 Å². The Labute approximate surface area is 81.3 Å². The predicted molar refractivity (Wildman–Crippen MR) is 54.7 cm³/mol. The average molecular weight is 183 g/mol. The van der Waals surface area contributed by atoms with Crippen LogP contribution in [0.5, 0.6) is 0 Å². The second-order valence-electron chi connectivity index (χ2n) is 5.36. The van der Waals surface area contributed by atoms with Gasteiger partial charge in [0, 0.05) is 5.41 Å². The van der Waals surface area contributed by atoms with Gasteiger partial charge in [0.05, 0.1) is 5.54 Å². The minimum absolute atomic E-state index is 0.141. The van der Waals surface area contributed by atoms with Crippen LogP contribution in [0.1, 0.15) is 40.0 Å². The van der Waals surface area contributed by atoms with Gasteiger partial charge in [-0.15, -0.1) is 0 Å². The van der Waals surface area contributed by atoms with Crippen LogP contribution < -0.4 is 0 Å². The minimum atomic E-state index is -0.204. The van der Waals surface area contributed by atoms with Crippen molar-refractivity contribution >= 4 is 5.78 Å². The Morgan fingerprint density at radius 3 is 1.77 bits per heavy atom. The lowest BCUT2D eigenvalue weighted by Gasteiger charge is -2.48. The predicted octanol–water partition coefficient (Wildman–Crippen LogP) is 2.09. The van der Waals surface area contributed by atoms with Crippen molar-refractivity contribution in [2.24, 2.45) is 5.41 Å². The van der Waals surface area contributed by atoms with Gasteiger partial charge in [-0.25, -0.2) is 0 Å². The molecule has 0 N–H and O–H groups in total. The standard InChI is InChI=1S/C11H21NO/c1-10(2,3)9(13)11(12(4)5)7-6-8-11/h6-8H2,1-5H3. The van der Waals surface area contributed by atoms with Crippen LogP contribution >= 0.6 is 0 Å². The Hall–Kier alpha value is -0.370. The van der Waals surface area contributed by atoms with Gasteiger partial charge in [0.15, 0.2) is 5.78 Å². The lowest BCUT2D eigenvalue weighted by molar-refractivity contribution is -0.143. The summed E-state index contributed by atoms with van der Waals surface area (Å²) in [6.07, 6.45) is 3.27. The fourth-order valence-electron chi connectivity index (χ4n) is 2.09. The van der Waals surface area contributed by atoms with E-state index in [1.54, 1.807) is 0 Å². The molecule has 0 radical (unpaired) electrons. The molecule has 1 aliphatic carbocycles. The monoisotopic (exact) mass is 183 g/mol. The van der Waals surface area contributed by atoms with Crippen LogP contribution in [0.15, 0.2) is 0 Å². The third-order valence-electron chi connectivity index (χ3n) is 3.14. The number of Topliss-reactive ketones (excluding diaryl/α,β-unsaturated/α-hetero) is 1. The van der Waals surface area contributed by atoms with Crippen LogP contribution in [0.25, 0.3) is 0 Å². The summed E-state index contributed by atoms with van der Waals surface area (Å²) < 4.78 is 0. The first-order valence-corrected chi connectivity index (χ1v) is 5.03. The summed E-state index contributed by atoms with van der Waals surface area (Å²) in [4.78, 5) is 14.3. The van der Waals surface area contributed by atoms with E-state index in [9.17, 15) is 4.79 Å². The molecule has 2 nitrogen and oxygen atoms in total. The molecule has 1 fully saturated rings. The molecule has 76 valence electrons. The van der Waals surface area contributed by atoms with Crippen molar-refractivity contribution in [2.45, 2.75) is 45.6 Å². The lowest BCUT2D eigenvalue weighted by atomic mass is 9.66. The van der Waals surface area contributed by atoms with E-state index in [0.29, 0.717) is 5.78 Å². The summed E-state index contributed by atoms with van der Waals surface area (Å²) in [6.45, 7) is 6.04. The van der Waals surface area contributed by atoms with Crippen LogP contribution in [0.3, 0.4) is 0 Å². The summed E-state index contributed by atoms with van der Waals surface area (Å²) in [5.74, 6) is 0.399. The van der Waals surface area contributed by atoms with Gasteiger partial charge in [-0.3, -0.25) is 9.69 Å². The molecule has 0 amide bonds. The summed E-state index contributed by atoms with van der Waals surface area (Å²) in [7, 11) is 4.03. The molecular weight excluding hydrogens is 162 g/mol. The molecule has 0 saturated heterocycles. The van der Waals surface area contributed by atoms with Gasteiger partial charge in [0.2, 0.25) is 0 Å². The van der Waals surface area contributed by atoms with E-state index in [1.807, 2.05) is 34.9 Å². The van der Waals surface area contributed by atoms with Crippen molar-refractivity contribution in [3.8, 4) is 0 Å². The summed E-state index contributed by atoms with van der Waals surface area (Å²) in [5.41, 5.74) is -0.344. The third kappa shape index (κ3) is 1.64. The molecule has 1 rings (SSSR count). The van der Waals surface area contributed by atoms with E-state index < -0.39 is 0 Å². The van der Waals surface area contributed by atoms with E-state index in [2.05, 4.69) is 4.90 Å². The van der Waals surface area contributed by atoms with Crippen molar-refractivity contribution in [2.75, 3.05) is 14.1 Å². The molecule has 1 saturated carbocycles. The Kier molecular flexibility index (Phi) is 2.54. The highest BCUT2D eigenvalue weighted by molar-refractivity contribution is 5.93. The lowest BCUT2D eigenvalue weighted by Crippen LogP contribution is -2.59. The number of nitrogens with zero attached hydrogens (tertiary/aromatic N) is 1. The fourth-order valence-corrected chi connectivity index (χ4v) is 2.09. The highest BCUT2D eigenvalue weighted by atomic mass is 16.1. The summed E-state index contributed by atoms with van der Waals surface area (Å²) >= 11 is 0. The Balaban J connectivity index is 2.84. The van der Waals surface area contributed by atoms with Gasteiger partial charge in [0.1, 0.15) is 0 Å². The number of likely N-dealkylation sites (N-methyl/N-ethyl adjacent to an activating group) is 1. The topological polar surface area (TPSA) is 20.3 Å². The number of carbonyl (C=O) groups excluding carboxylic acids is 1. The normalized spacial score (nSPS) is 21.4. The second-order valence-corrected chi connectivity index (χ2v) is 5.36. The largest absolute Gasteiger partial charge is 0.297 e. The number of ketones is 1. The van der Waals surface area contributed by atoms with Crippen molar-refractivity contribution in [3.05, 3.63) is 0 Å². The Bertz CT molecular complexity index is 209. The first-order chi connectivity index (χ1) is 5.81. The van der Waals surface area contributed by atoms with E-state index in [4.69, 9.17) is 0 Å². The van der Waals surface area contributed by atoms with Crippen molar-refractivity contribution in [1.82, 2.24) is 4.90 Å². The van der Waals surface area contributed by atoms with Crippen molar-refractivity contribution < 1.29 is 4.79 Å². The zero-order valence-corrected chi connectivity index (χ0v) is 9.48. The molecule has 2 heteroatoms. The second kappa shape index (κ2) is 3.09. The molecule has 1 aliphatic rings. The van der Waals surface area contributed by atoms with E-state index in [-0.39, 0.29) is 11.0 Å². The first kappa shape index (κ1) is 10.7. The molecule has 0 aromatic heterocycles. The van der Waals surface area contributed by atoms with E-state index in [1.165, 1.54) is 6.42 Å². The van der Waals surface area contributed by atoms with Crippen LogP contribution in [-0.2, 0) is 4.79 Å². The number of carbonyl (C=O) groups is 1. The number of hydrogen-bond donors (Lipinski definition) is 0. The van der Waals surface area contributed by atoms with E-state index >= 15 is 0 Å². The molecule has 0 aliphatic heterocycles. The Morgan fingerprint density at radius 2 is 1.69 bits per heavy atom. The smallest absolute Gasteiger partial charge is 0.158 e. The van der Waals surface area contributed by atoms with Gasteiger partial charge >= 0.3 is 0 Å². The maximum atomic E-state index is 12.2. The molecule has 0 aromatic rings. The minimum Gasteiger partial charge on any atom is -0.297 e. The number of rotatable bonds is 2. The van der Waals surface area contributed by atoms with Crippen LogP contribution in [0.4, 0.5) is 0 Å². The fraction of sp³-hybridized carbons (Fsp3) is 0.909. The summed E-state index contributed by atoms with van der Waals surface area (Å²) in [6, 6.07) is 0. The molecule has 0 aromatic carbocycles. The Morgan fingerprint density at radius 1 is 1.23 bits per heavy atom. The van der Waals surface area contributed by atoms with Gasteiger partial charge in [-0.05, 0) is 33.4 Å². The highest BCUT2D eigenvalue weighted by Gasteiger charge is 2.49. The van der Waals surface area contributed by atoms with Crippen LogP contribution in [0, 0.1) is 5.41 Å². The molecule has 0 atom stereocenters. The SMILES string of the molecule is CN(C)C1(C(=O)C(C)(C)C)CCC1. The van der Waals surface area contributed by atoms with E-state index in [0.717, 1.165) is 12.8 Å². The maximum absolute atomic E-state index is 12.2. The zero-order valence-electron chi connectivity index (χ0n) is 9.48. The molecule has 0 heterocycles. The van der Waals surface area contributed by atoms with Gasteiger partial charge in [-0.1, -0.05) is 20.8 Å². The van der Waals surface area contributed by atoms with Crippen LogP contribution in [0.2, 0.25) is 0 Å². The molecule has 0 unspecified atom stereocenters. The van der Waals surface area contributed by atoms with Crippen molar-refractivity contribution in [3.63, 3.8) is 0 Å². The summed E-state index contributed by atoms with van der Waals surface area (Å²) in [5, 5.41) is 0. The van der Waals surface area contributed by atoms with Gasteiger partial charge < -0.3 is 0 Å². The zero-order chi connectivity index (χ0) is 10.3. The van der Waals surface area contributed by atoms with Gasteiger partial charge in [0.25, 0.3) is 0 Å². The molecule has 0 spiro atoms. The van der Waals surface area contributed by atoms with Crippen molar-refractivity contribution in [1.29, 1.82) is 0 Å². The molecular formula is C11H21NO. The quantitative estimate of drug-likeness (QED) is 0.653. The molecule has 0 bridgehead atoms. The third-order valence-corrected chi connectivity index (χ3v) is 3.14. The maximum Gasteiger partial charge on any atom is 0.158 e. The first-order valence-electron chi connectivity index (χ1n) is 5.03. The number of hydrogen-bond acceptors (Lipinski definition) is 2. The average Bonchev–Trinajstić information content (AvgIpc) is 1.81. The molecule has 13 heavy (non-hydrogen) atoms. The highest BCUT2D eigenvalue weighted by Crippen LogP contribution is 2.41.